The minimum Gasteiger partial charge on any atom is -0.340 e. The number of hydrogen-bond acceptors (Lipinski definition) is 2. The Labute approximate surface area is 103 Å². The van der Waals surface area contributed by atoms with E-state index < -0.39 is 11.6 Å². The topological polar surface area (TPSA) is 49.4 Å². The van der Waals surface area contributed by atoms with Crippen LogP contribution in [0.5, 0.6) is 0 Å². The zero-order valence-electron chi connectivity index (χ0n) is 10.9. The first-order valence-corrected chi connectivity index (χ1v) is 6.04. The van der Waals surface area contributed by atoms with Crippen molar-refractivity contribution in [2.24, 2.45) is 0 Å². The average molecular weight is 236 g/mol. The summed E-state index contributed by atoms with van der Waals surface area (Å²) >= 11 is 0. The van der Waals surface area contributed by atoms with Crippen LogP contribution in [0.1, 0.15) is 40.5 Å². The van der Waals surface area contributed by atoms with Gasteiger partial charge < -0.3 is 10.2 Å². The average Bonchev–Trinajstić information content (AvgIpc) is 2.34. The van der Waals surface area contributed by atoms with Crippen LogP contribution in [0.25, 0.3) is 0 Å². The largest absolute Gasteiger partial charge is 0.340 e. The Morgan fingerprint density at radius 1 is 1.47 bits per heavy atom. The third-order valence-corrected chi connectivity index (χ3v) is 3.67. The molecule has 1 saturated heterocycles. The lowest BCUT2D eigenvalue weighted by Gasteiger charge is -2.45. The van der Waals surface area contributed by atoms with Gasteiger partial charge in [0.05, 0.1) is 6.04 Å². The Balaban J connectivity index is 3.16. The van der Waals surface area contributed by atoms with E-state index in [1.54, 1.807) is 13.8 Å². The van der Waals surface area contributed by atoms with Crippen LogP contribution < -0.4 is 5.32 Å². The van der Waals surface area contributed by atoms with E-state index in [1.165, 1.54) is 4.90 Å². The van der Waals surface area contributed by atoms with Gasteiger partial charge in [0.15, 0.2) is 0 Å². The van der Waals surface area contributed by atoms with Gasteiger partial charge in [-0.2, -0.15) is 0 Å². The number of nitrogens with one attached hydrogen (secondary N) is 1. The molecule has 1 aliphatic heterocycles. The smallest absolute Gasteiger partial charge is 0.249 e. The number of piperazine rings is 1. The van der Waals surface area contributed by atoms with Crippen molar-refractivity contribution in [3.05, 3.63) is 0 Å². The molecule has 0 radical (unpaired) electrons. The molecule has 0 saturated carbocycles. The van der Waals surface area contributed by atoms with Crippen molar-refractivity contribution >= 4 is 11.8 Å². The number of carbonyl (C=O) groups excluding carboxylic acids is 2. The molecule has 94 valence electrons. The maximum Gasteiger partial charge on any atom is 0.249 e. The summed E-state index contributed by atoms with van der Waals surface area (Å²) in [5.74, 6) is 2.33. The monoisotopic (exact) mass is 236 g/mol. The van der Waals surface area contributed by atoms with Gasteiger partial charge in [0.25, 0.3) is 0 Å². The Bertz CT molecular complexity index is 366. The molecule has 1 aliphatic rings. The first-order chi connectivity index (χ1) is 7.93. The molecule has 4 nitrogen and oxygen atoms in total. The van der Waals surface area contributed by atoms with E-state index in [4.69, 9.17) is 6.42 Å². The third-order valence-electron chi connectivity index (χ3n) is 3.67. The molecule has 1 heterocycles. The zero-order valence-corrected chi connectivity index (χ0v) is 10.9. The van der Waals surface area contributed by atoms with Crippen molar-refractivity contribution in [1.29, 1.82) is 0 Å². The molecule has 0 aliphatic carbocycles. The Morgan fingerprint density at radius 2 is 2.00 bits per heavy atom. The SMILES string of the molecule is C#CC(C)N1C(=O)C(CC)(CC)NC(=O)C1C. The molecule has 0 spiro atoms. The Morgan fingerprint density at radius 3 is 2.41 bits per heavy atom. The number of rotatable bonds is 3. The van der Waals surface area contributed by atoms with Crippen LogP contribution in [0.15, 0.2) is 0 Å². The lowest BCUT2D eigenvalue weighted by molar-refractivity contribution is -0.156. The van der Waals surface area contributed by atoms with Crippen molar-refractivity contribution in [2.75, 3.05) is 0 Å². The second-order valence-corrected chi connectivity index (χ2v) is 4.51. The molecule has 1 fully saturated rings. The van der Waals surface area contributed by atoms with Crippen molar-refractivity contribution < 1.29 is 9.59 Å². The van der Waals surface area contributed by atoms with Crippen molar-refractivity contribution in [3.63, 3.8) is 0 Å². The lowest BCUT2D eigenvalue weighted by atomic mass is 9.86. The van der Waals surface area contributed by atoms with E-state index in [1.807, 2.05) is 13.8 Å². The van der Waals surface area contributed by atoms with Crippen LogP contribution in [0.2, 0.25) is 0 Å². The van der Waals surface area contributed by atoms with Crippen LogP contribution >= 0.6 is 0 Å². The molecule has 17 heavy (non-hydrogen) atoms. The zero-order chi connectivity index (χ0) is 13.2. The quantitative estimate of drug-likeness (QED) is 0.741. The minimum atomic E-state index is -0.783. The first kappa shape index (κ1) is 13.6. The fraction of sp³-hybridized carbons (Fsp3) is 0.692. The van der Waals surface area contributed by atoms with E-state index in [-0.39, 0.29) is 17.9 Å². The number of carbonyl (C=O) groups is 2. The van der Waals surface area contributed by atoms with Gasteiger partial charge in [0, 0.05) is 0 Å². The molecule has 2 amide bonds. The Kier molecular flexibility index (Phi) is 3.82. The summed E-state index contributed by atoms with van der Waals surface area (Å²) in [4.78, 5) is 25.9. The summed E-state index contributed by atoms with van der Waals surface area (Å²) in [6, 6.07) is -0.860. The fourth-order valence-electron chi connectivity index (χ4n) is 2.26. The molecule has 0 aromatic rings. The van der Waals surface area contributed by atoms with Crippen LogP contribution in [-0.4, -0.2) is 34.3 Å². The molecular formula is C13H20N2O2. The van der Waals surface area contributed by atoms with E-state index in [2.05, 4.69) is 11.2 Å². The van der Waals surface area contributed by atoms with Crippen molar-refractivity contribution in [2.45, 2.75) is 58.2 Å². The lowest BCUT2D eigenvalue weighted by Crippen LogP contribution is -2.70. The molecule has 2 unspecified atom stereocenters. The first-order valence-electron chi connectivity index (χ1n) is 6.04. The molecule has 1 rings (SSSR count). The van der Waals surface area contributed by atoms with Gasteiger partial charge in [-0.05, 0) is 26.7 Å². The van der Waals surface area contributed by atoms with Gasteiger partial charge in [-0.15, -0.1) is 6.42 Å². The van der Waals surface area contributed by atoms with Crippen LogP contribution in [0, 0.1) is 12.3 Å². The fourth-order valence-corrected chi connectivity index (χ4v) is 2.26. The summed E-state index contributed by atoms with van der Waals surface area (Å²) in [7, 11) is 0. The summed E-state index contributed by atoms with van der Waals surface area (Å²) in [6.45, 7) is 7.27. The highest BCUT2D eigenvalue weighted by Crippen LogP contribution is 2.26. The standard InChI is InChI=1S/C13H20N2O2/c1-6-9(4)15-10(5)11(16)14-13(7-2,8-3)12(15)17/h1,9-10H,7-8H2,2-5H3,(H,14,16). The number of terminal acetylenes is 1. The minimum absolute atomic E-state index is 0.0694. The second kappa shape index (κ2) is 4.79. The maximum atomic E-state index is 12.5. The molecule has 4 heteroatoms. The highest BCUT2D eigenvalue weighted by atomic mass is 16.2. The molecular weight excluding hydrogens is 216 g/mol. The number of amides is 2. The predicted molar refractivity (Wildman–Crippen MR) is 66.1 cm³/mol. The van der Waals surface area contributed by atoms with Crippen molar-refractivity contribution in [3.8, 4) is 12.3 Å². The van der Waals surface area contributed by atoms with Crippen LogP contribution in [0.3, 0.4) is 0 Å². The molecule has 1 N–H and O–H groups in total. The normalized spacial score (nSPS) is 25.1. The van der Waals surface area contributed by atoms with E-state index in [0.717, 1.165) is 0 Å². The van der Waals surface area contributed by atoms with Crippen LogP contribution in [-0.2, 0) is 9.59 Å². The highest BCUT2D eigenvalue weighted by molar-refractivity contribution is 5.99. The third kappa shape index (κ3) is 2.02. The van der Waals surface area contributed by atoms with Crippen LogP contribution in [0.4, 0.5) is 0 Å². The molecule has 2 atom stereocenters. The summed E-state index contributed by atoms with van der Waals surface area (Å²) in [5.41, 5.74) is -0.783. The molecule has 0 aromatic carbocycles. The maximum absolute atomic E-state index is 12.5. The number of hydrogen-bond donors (Lipinski definition) is 1. The van der Waals surface area contributed by atoms with Gasteiger partial charge in [-0.3, -0.25) is 9.59 Å². The number of nitrogens with zero attached hydrogens (tertiary/aromatic N) is 1. The Hall–Kier alpha value is -1.50. The summed E-state index contributed by atoms with van der Waals surface area (Å²) in [5, 5.41) is 2.84. The van der Waals surface area contributed by atoms with E-state index >= 15 is 0 Å². The van der Waals surface area contributed by atoms with Gasteiger partial charge in [0.1, 0.15) is 11.6 Å². The summed E-state index contributed by atoms with van der Waals surface area (Å²) < 4.78 is 0. The summed E-state index contributed by atoms with van der Waals surface area (Å²) in [6.07, 6.45) is 6.52. The molecule has 0 aromatic heterocycles. The van der Waals surface area contributed by atoms with Crippen molar-refractivity contribution in [1.82, 2.24) is 10.2 Å². The van der Waals surface area contributed by atoms with Gasteiger partial charge >= 0.3 is 0 Å². The van der Waals surface area contributed by atoms with Gasteiger partial charge in [0.2, 0.25) is 11.8 Å². The van der Waals surface area contributed by atoms with Gasteiger partial charge in [-0.25, -0.2) is 0 Å². The predicted octanol–water partition coefficient (Wildman–Crippen LogP) is 0.914. The molecule has 0 bridgehead atoms. The second-order valence-electron chi connectivity index (χ2n) is 4.51. The van der Waals surface area contributed by atoms with Gasteiger partial charge in [-0.1, -0.05) is 19.8 Å². The van der Waals surface area contributed by atoms with E-state index in [9.17, 15) is 9.59 Å². The highest BCUT2D eigenvalue weighted by Gasteiger charge is 2.48. The van der Waals surface area contributed by atoms with E-state index in [0.29, 0.717) is 12.8 Å².